The molecular weight excluding hydrogens is 355 g/mol. The Hall–Kier alpha value is -3.47. The number of carbonyl (C=O) groups is 2. The van der Waals surface area contributed by atoms with Gasteiger partial charge >= 0.3 is 0 Å². The standard InChI is InChI=1S/C23H21FN2O2/c24-20-8-4-5-17(13-20)15-22(27)26-21(23(25)28)14-16-9-11-19(12-10-16)18-6-2-1-3-7-18/h1-13,21H,14-15H2,(H2,25,28)(H,26,27)/t21-/m0/s1. The number of nitrogens with two attached hydrogens (primary N) is 1. The van der Waals surface area contributed by atoms with Crippen molar-refractivity contribution in [3.8, 4) is 11.1 Å². The number of amides is 2. The van der Waals surface area contributed by atoms with Crippen LogP contribution >= 0.6 is 0 Å². The molecule has 28 heavy (non-hydrogen) atoms. The molecule has 142 valence electrons. The average Bonchev–Trinajstić information content (AvgIpc) is 2.68. The van der Waals surface area contributed by atoms with Gasteiger partial charge < -0.3 is 11.1 Å². The molecule has 0 aliphatic rings. The van der Waals surface area contributed by atoms with Crippen LogP contribution in [0.2, 0.25) is 0 Å². The van der Waals surface area contributed by atoms with Crippen molar-refractivity contribution in [2.75, 3.05) is 0 Å². The van der Waals surface area contributed by atoms with Gasteiger partial charge in [0, 0.05) is 6.42 Å². The first-order chi connectivity index (χ1) is 13.5. The molecule has 2 amide bonds. The predicted molar refractivity (Wildman–Crippen MR) is 107 cm³/mol. The Morgan fingerprint density at radius 1 is 0.857 bits per heavy atom. The summed E-state index contributed by atoms with van der Waals surface area (Å²) in [5.74, 6) is -1.40. The fourth-order valence-corrected chi connectivity index (χ4v) is 3.00. The van der Waals surface area contributed by atoms with Gasteiger partial charge in [-0.1, -0.05) is 66.7 Å². The van der Waals surface area contributed by atoms with Gasteiger partial charge in [-0.25, -0.2) is 4.39 Å². The largest absolute Gasteiger partial charge is 0.368 e. The Morgan fingerprint density at radius 3 is 2.18 bits per heavy atom. The fourth-order valence-electron chi connectivity index (χ4n) is 3.00. The minimum Gasteiger partial charge on any atom is -0.368 e. The molecule has 3 N–H and O–H groups in total. The molecule has 4 nitrogen and oxygen atoms in total. The fraction of sp³-hybridized carbons (Fsp3) is 0.130. The van der Waals surface area contributed by atoms with E-state index in [1.165, 1.54) is 18.2 Å². The van der Waals surface area contributed by atoms with Crippen molar-refractivity contribution in [2.45, 2.75) is 18.9 Å². The van der Waals surface area contributed by atoms with Crippen LogP contribution in [0.4, 0.5) is 4.39 Å². The van der Waals surface area contributed by atoms with Crippen molar-refractivity contribution in [3.05, 3.63) is 95.8 Å². The monoisotopic (exact) mass is 376 g/mol. The lowest BCUT2D eigenvalue weighted by Crippen LogP contribution is -2.46. The van der Waals surface area contributed by atoms with Gasteiger partial charge in [0.05, 0.1) is 6.42 Å². The third-order valence-corrected chi connectivity index (χ3v) is 4.43. The maximum atomic E-state index is 13.2. The molecule has 0 spiro atoms. The van der Waals surface area contributed by atoms with E-state index >= 15 is 0 Å². The van der Waals surface area contributed by atoms with E-state index in [0.717, 1.165) is 16.7 Å². The Labute approximate surface area is 163 Å². The molecule has 0 heterocycles. The van der Waals surface area contributed by atoms with E-state index in [1.807, 2.05) is 54.6 Å². The Bertz CT molecular complexity index is 956. The molecule has 0 saturated heterocycles. The molecule has 0 aliphatic carbocycles. The van der Waals surface area contributed by atoms with Crippen LogP contribution in [0.25, 0.3) is 11.1 Å². The molecule has 0 radical (unpaired) electrons. The number of primary amides is 1. The molecule has 3 aromatic rings. The number of hydrogen-bond acceptors (Lipinski definition) is 2. The summed E-state index contributed by atoms with van der Waals surface area (Å²) in [6.07, 6.45) is 0.272. The SMILES string of the molecule is NC(=O)[C@H](Cc1ccc(-c2ccccc2)cc1)NC(=O)Cc1cccc(F)c1. The van der Waals surface area contributed by atoms with Gasteiger partial charge in [-0.15, -0.1) is 0 Å². The highest BCUT2D eigenvalue weighted by atomic mass is 19.1. The second-order valence-corrected chi connectivity index (χ2v) is 6.60. The first-order valence-corrected chi connectivity index (χ1v) is 8.99. The molecule has 0 saturated carbocycles. The number of nitrogens with one attached hydrogen (secondary N) is 1. The van der Waals surface area contributed by atoms with Crippen LogP contribution < -0.4 is 11.1 Å². The summed E-state index contributed by atoms with van der Waals surface area (Å²) in [6.45, 7) is 0. The molecule has 0 unspecified atom stereocenters. The van der Waals surface area contributed by atoms with Gasteiger partial charge in [-0.2, -0.15) is 0 Å². The first-order valence-electron chi connectivity index (χ1n) is 8.99. The quantitative estimate of drug-likeness (QED) is 0.664. The van der Waals surface area contributed by atoms with E-state index in [0.29, 0.717) is 12.0 Å². The van der Waals surface area contributed by atoms with Gasteiger partial charge in [0.1, 0.15) is 11.9 Å². The zero-order chi connectivity index (χ0) is 19.9. The normalized spacial score (nSPS) is 11.6. The van der Waals surface area contributed by atoms with Gasteiger partial charge in [0.25, 0.3) is 0 Å². The highest BCUT2D eigenvalue weighted by Crippen LogP contribution is 2.19. The maximum Gasteiger partial charge on any atom is 0.240 e. The van der Waals surface area contributed by atoms with Crippen LogP contribution in [0, 0.1) is 5.82 Å². The number of hydrogen-bond donors (Lipinski definition) is 2. The summed E-state index contributed by atoms with van der Waals surface area (Å²) in [5.41, 5.74) is 9.04. The number of carbonyl (C=O) groups excluding carboxylic acids is 2. The summed E-state index contributed by atoms with van der Waals surface area (Å²) in [6, 6.07) is 22.7. The molecule has 3 rings (SSSR count). The maximum absolute atomic E-state index is 13.2. The van der Waals surface area contributed by atoms with Crippen molar-refractivity contribution >= 4 is 11.8 Å². The van der Waals surface area contributed by atoms with Crippen LogP contribution in [-0.4, -0.2) is 17.9 Å². The topological polar surface area (TPSA) is 72.2 Å². The van der Waals surface area contributed by atoms with Crippen LogP contribution in [0.5, 0.6) is 0 Å². The second kappa shape index (κ2) is 8.95. The highest BCUT2D eigenvalue weighted by Gasteiger charge is 2.19. The van der Waals surface area contributed by atoms with Crippen molar-refractivity contribution in [1.82, 2.24) is 5.32 Å². The Balaban J connectivity index is 1.64. The van der Waals surface area contributed by atoms with Gasteiger partial charge in [-0.05, 0) is 34.4 Å². The zero-order valence-electron chi connectivity index (χ0n) is 15.3. The summed E-state index contributed by atoms with van der Waals surface area (Å²) in [5, 5.41) is 2.64. The molecule has 3 aromatic carbocycles. The average molecular weight is 376 g/mol. The van der Waals surface area contributed by atoms with E-state index in [2.05, 4.69) is 5.32 Å². The highest BCUT2D eigenvalue weighted by molar-refractivity contribution is 5.87. The van der Waals surface area contributed by atoms with E-state index in [9.17, 15) is 14.0 Å². The molecule has 0 fully saturated rings. The Kier molecular flexibility index (Phi) is 6.17. The minimum absolute atomic E-state index is 0.0194. The molecule has 0 aliphatic heterocycles. The van der Waals surface area contributed by atoms with Crippen molar-refractivity contribution in [3.63, 3.8) is 0 Å². The van der Waals surface area contributed by atoms with Gasteiger partial charge in [-0.3, -0.25) is 9.59 Å². The molecule has 0 aromatic heterocycles. The van der Waals surface area contributed by atoms with E-state index < -0.39 is 17.8 Å². The lowest BCUT2D eigenvalue weighted by molar-refractivity contribution is -0.127. The third-order valence-electron chi connectivity index (χ3n) is 4.43. The predicted octanol–water partition coefficient (Wildman–Crippen LogP) is 3.25. The number of rotatable bonds is 7. The zero-order valence-corrected chi connectivity index (χ0v) is 15.3. The van der Waals surface area contributed by atoms with Crippen LogP contribution in [-0.2, 0) is 22.4 Å². The molecule has 5 heteroatoms. The Morgan fingerprint density at radius 2 is 1.54 bits per heavy atom. The van der Waals surface area contributed by atoms with Crippen molar-refractivity contribution < 1.29 is 14.0 Å². The van der Waals surface area contributed by atoms with E-state index in [4.69, 9.17) is 5.73 Å². The van der Waals surface area contributed by atoms with Crippen LogP contribution in [0.1, 0.15) is 11.1 Å². The van der Waals surface area contributed by atoms with Crippen LogP contribution in [0.3, 0.4) is 0 Å². The van der Waals surface area contributed by atoms with Gasteiger partial charge in [0.15, 0.2) is 0 Å². The lowest BCUT2D eigenvalue weighted by Gasteiger charge is -2.16. The third kappa shape index (κ3) is 5.27. The summed E-state index contributed by atoms with van der Waals surface area (Å²) >= 11 is 0. The summed E-state index contributed by atoms with van der Waals surface area (Å²) < 4.78 is 13.2. The molecular formula is C23H21FN2O2. The molecule has 1 atom stereocenters. The van der Waals surface area contributed by atoms with Crippen LogP contribution in [0.15, 0.2) is 78.9 Å². The first kappa shape index (κ1) is 19.3. The number of halogens is 1. The van der Waals surface area contributed by atoms with Gasteiger partial charge in [0.2, 0.25) is 11.8 Å². The van der Waals surface area contributed by atoms with E-state index in [1.54, 1.807) is 6.07 Å². The summed E-state index contributed by atoms with van der Waals surface area (Å²) in [4.78, 5) is 24.0. The van der Waals surface area contributed by atoms with E-state index in [-0.39, 0.29) is 12.3 Å². The summed E-state index contributed by atoms with van der Waals surface area (Å²) in [7, 11) is 0. The number of benzene rings is 3. The molecule has 0 bridgehead atoms. The van der Waals surface area contributed by atoms with Crippen molar-refractivity contribution in [2.24, 2.45) is 5.73 Å². The smallest absolute Gasteiger partial charge is 0.240 e. The van der Waals surface area contributed by atoms with Crippen molar-refractivity contribution in [1.29, 1.82) is 0 Å². The second-order valence-electron chi connectivity index (χ2n) is 6.60. The minimum atomic E-state index is -0.830. The lowest BCUT2D eigenvalue weighted by atomic mass is 10.00.